The van der Waals surface area contributed by atoms with Gasteiger partial charge in [-0.15, -0.1) is 0 Å². The van der Waals surface area contributed by atoms with E-state index in [1.54, 1.807) is 0 Å². The van der Waals surface area contributed by atoms with Gasteiger partial charge in [0.2, 0.25) is 0 Å². The summed E-state index contributed by atoms with van der Waals surface area (Å²) in [5.74, 6) is 1.57. The molecule has 0 aliphatic heterocycles. The summed E-state index contributed by atoms with van der Waals surface area (Å²) in [6.45, 7) is 6.89. The van der Waals surface area contributed by atoms with Crippen LogP contribution in [0.2, 0.25) is 0 Å². The fourth-order valence-corrected chi connectivity index (χ4v) is 1.95. The van der Waals surface area contributed by atoms with Crippen molar-refractivity contribution in [1.29, 1.82) is 0 Å². The molecule has 0 spiro atoms. The van der Waals surface area contributed by atoms with Crippen LogP contribution >= 0.6 is 0 Å². The minimum Gasteiger partial charge on any atom is -0.493 e. The number of benzene rings is 1. The highest BCUT2D eigenvalue weighted by Crippen LogP contribution is 2.33. The molecule has 0 bridgehead atoms. The lowest BCUT2D eigenvalue weighted by Gasteiger charge is -2.10. The third kappa shape index (κ3) is 2.24. The zero-order valence-electron chi connectivity index (χ0n) is 11.0. The van der Waals surface area contributed by atoms with Crippen LogP contribution < -0.4 is 10.5 Å². The molecule has 1 aromatic carbocycles. The molecule has 1 aromatic heterocycles. The molecule has 0 amide bonds. The Hall–Kier alpha value is -1.81. The summed E-state index contributed by atoms with van der Waals surface area (Å²) in [6, 6.07) is 6.02. The summed E-state index contributed by atoms with van der Waals surface area (Å²) in [7, 11) is 0. The zero-order valence-corrected chi connectivity index (χ0v) is 11.0. The molecule has 0 saturated heterocycles. The minimum atomic E-state index is 0.407. The Morgan fingerprint density at radius 2 is 2.11 bits per heavy atom. The molecule has 2 N–H and O–H groups in total. The number of aryl methyl sites for hydroxylation is 2. The monoisotopic (exact) mass is 246 g/mol. The van der Waals surface area contributed by atoms with Gasteiger partial charge in [0.1, 0.15) is 17.2 Å². The van der Waals surface area contributed by atoms with Crippen LogP contribution in [0, 0.1) is 13.8 Å². The van der Waals surface area contributed by atoms with E-state index in [0.717, 1.165) is 33.9 Å². The predicted octanol–water partition coefficient (Wildman–Crippen LogP) is 2.82. The Balaban J connectivity index is 2.57. The number of nitrogens with two attached hydrogens (primary N) is 1. The van der Waals surface area contributed by atoms with Crippen LogP contribution in [-0.4, -0.2) is 11.8 Å². The van der Waals surface area contributed by atoms with Gasteiger partial charge >= 0.3 is 0 Å². The molecule has 96 valence electrons. The van der Waals surface area contributed by atoms with Crippen molar-refractivity contribution >= 4 is 0 Å². The molecular formula is C14H18N2O2. The third-order valence-electron chi connectivity index (χ3n) is 2.88. The van der Waals surface area contributed by atoms with Crippen molar-refractivity contribution in [1.82, 2.24) is 5.16 Å². The van der Waals surface area contributed by atoms with Gasteiger partial charge in [-0.05, 0) is 32.9 Å². The van der Waals surface area contributed by atoms with Crippen molar-refractivity contribution in [2.75, 3.05) is 6.61 Å². The first-order valence-corrected chi connectivity index (χ1v) is 6.06. The highest BCUT2D eigenvalue weighted by molar-refractivity contribution is 5.71. The van der Waals surface area contributed by atoms with Crippen LogP contribution in [0.25, 0.3) is 11.3 Å². The quantitative estimate of drug-likeness (QED) is 0.901. The number of nitrogens with zero attached hydrogens (tertiary/aromatic N) is 1. The predicted molar refractivity (Wildman–Crippen MR) is 70.5 cm³/mol. The molecule has 4 heteroatoms. The lowest BCUT2D eigenvalue weighted by Crippen LogP contribution is -2.00. The maximum absolute atomic E-state index is 5.75. The van der Waals surface area contributed by atoms with Crippen molar-refractivity contribution in [3.05, 3.63) is 35.1 Å². The van der Waals surface area contributed by atoms with Crippen molar-refractivity contribution in [2.45, 2.75) is 27.3 Å². The highest BCUT2D eigenvalue weighted by Gasteiger charge is 2.17. The van der Waals surface area contributed by atoms with Gasteiger partial charge in [-0.25, -0.2) is 0 Å². The van der Waals surface area contributed by atoms with Crippen molar-refractivity contribution in [3.8, 4) is 17.0 Å². The van der Waals surface area contributed by atoms with E-state index in [4.69, 9.17) is 15.0 Å². The second-order valence-electron chi connectivity index (χ2n) is 4.20. The average molecular weight is 246 g/mol. The van der Waals surface area contributed by atoms with E-state index in [1.807, 2.05) is 39.0 Å². The van der Waals surface area contributed by atoms with Crippen LogP contribution in [0.1, 0.15) is 23.8 Å². The molecule has 1 heterocycles. The van der Waals surface area contributed by atoms with E-state index in [-0.39, 0.29) is 0 Å². The lowest BCUT2D eigenvalue weighted by molar-refractivity contribution is 0.341. The molecule has 0 atom stereocenters. The summed E-state index contributed by atoms with van der Waals surface area (Å²) >= 11 is 0. The minimum absolute atomic E-state index is 0.407. The Morgan fingerprint density at radius 3 is 2.78 bits per heavy atom. The second-order valence-corrected chi connectivity index (χ2v) is 4.20. The smallest absolute Gasteiger partial charge is 0.138 e. The van der Waals surface area contributed by atoms with E-state index in [1.165, 1.54) is 0 Å². The number of ether oxygens (including phenoxy) is 1. The van der Waals surface area contributed by atoms with Crippen LogP contribution in [0.3, 0.4) is 0 Å². The molecule has 2 rings (SSSR count). The first-order chi connectivity index (χ1) is 8.67. The second kappa shape index (κ2) is 5.23. The van der Waals surface area contributed by atoms with E-state index in [2.05, 4.69) is 5.16 Å². The van der Waals surface area contributed by atoms with Crippen LogP contribution in [0.5, 0.6) is 5.75 Å². The number of hydrogen-bond acceptors (Lipinski definition) is 4. The summed E-state index contributed by atoms with van der Waals surface area (Å²) in [4.78, 5) is 0. The van der Waals surface area contributed by atoms with Gasteiger partial charge in [-0.3, -0.25) is 0 Å². The Bertz CT molecular complexity index is 547. The fraction of sp³-hybridized carbons (Fsp3) is 0.357. The van der Waals surface area contributed by atoms with Crippen LogP contribution in [0.4, 0.5) is 0 Å². The molecule has 18 heavy (non-hydrogen) atoms. The molecule has 4 nitrogen and oxygen atoms in total. The summed E-state index contributed by atoms with van der Waals surface area (Å²) in [5, 5.41) is 4.11. The average Bonchev–Trinajstić information content (AvgIpc) is 2.73. The summed E-state index contributed by atoms with van der Waals surface area (Å²) < 4.78 is 10.9. The standard InChI is InChI=1S/C14H18N2O2/c1-4-17-13-6-5-9(2)7-11(13)14-12(8-15)10(3)18-16-14/h5-7H,4,8,15H2,1-3H3. The number of hydrogen-bond donors (Lipinski definition) is 1. The normalized spacial score (nSPS) is 10.7. The van der Waals surface area contributed by atoms with Gasteiger partial charge in [0.15, 0.2) is 0 Å². The maximum Gasteiger partial charge on any atom is 0.138 e. The van der Waals surface area contributed by atoms with Crippen molar-refractivity contribution in [2.24, 2.45) is 5.73 Å². The van der Waals surface area contributed by atoms with E-state index in [0.29, 0.717) is 13.2 Å². The highest BCUT2D eigenvalue weighted by atomic mass is 16.5. The van der Waals surface area contributed by atoms with Gasteiger partial charge in [0, 0.05) is 17.7 Å². The molecule has 0 aliphatic carbocycles. The van der Waals surface area contributed by atoms with E-state index in [9.17, 15) is 0 Å². The lowest BCUT2D eigenvalue weighted by atomic mass is 10.0. The Kier molecular flexibility index (Phi) is 3.67. The molecule has 0 aliphatic rings. The summed E-state index contributed by atoms with van der Waals surface area (Å²) in [5.41, 5.74) is 9.56. The molecule has 2 aromatic rings. The number of rotatable bonds is 4. The SMILES string of the molecule is CCOc1ccc(C)cc1-c1noc(C)c1CN. The van der Waals surface area contributed by atoms with Crippen molar-refractivity contribution < 1.29 is 9.26 Å². The van der Waals surface area contributed by atoms with Crippen LogP contribution in [-0.2, 0) is 6.54 Å². The molecule has 0 saturated carbocycles. The largest absolute Gasteiger partial charge is 0.493 e. The van der Waals surface area contributed by atoms with Crippen LogP contribution in [0.15, 0.2) is 22.7 Å². The maximum atomic E-state index is 5.75. The van der Waals surface area contributed by atoms with Gasteiger partial charge in [-0.2, -0.15) is 0 Å². The molecular weight excluding hydrogens is 228 g/mol. The zero-order chi connectivity index (χ0) is 13.1. The molecule has 0 unspecified atom stereocenters. The molecule has 0 radical (unpaired) electrons. The first-order valence-electron chi connectivity index (χ1n) is 6.06. The summed E-state index contributed by atoms with van der Waals surface area (Å²) in [6.07, 6.45) is 0. The van der Waals surface area contributed by atoms with Gasteiger partial charge < -0.3 is 15.0 Å². The first kappa shape index (κ1) is 12.6. The third-order valence-corrected chi connectivity index (χ3v) is 2.88. The fourth-order valence-electron chi connectivity index (χ4n) is 1.95. The number of aromatic nitrogens is 1. The Labute approximate surface area is 107 Å². The molecule has 0 fully saturated rings. The van der Waals surface area contributed by atoms with Crippen molar-refractivity contribution in [3.63, 3.8) is 0 Å². The van der Waals surface area contributed by atoms with E-state index >= 15 is 0 Å². The van der Waals surface area contributed by atoms with Gasteiger partial charge in [0.05, 0.1) is 6.61 Å². The van der Waals surface area contributed by atoms with E-state index < -0.39 is 0 Å². The van der Waals surface area contributed by atoms with Gasteiger partial charge in [0.25, 0.3) is 0 Å². The Morgan fingerprint density at radius 1 is 1.33 bits per heavy atom. The topological polar surface area (TPSA) is 61.3 Å². The van der Waals surface area contributed by atoms with Gasteiger partial charge in [-0.1, -0.05) is 16.8 Å².